The summed E-state index contributed by atoms with van der Waals surface area (Å²) in [6, 6.07) is 0. The third-order valence-corrected chi connectivity index (χ3v) is 2.70. The molecule has 0 aromatic rings. The van der Waals surface area contributed by atoms with E-state index in [-0.39, 0.29) is 13.2 Å². The quantitative estimate of drug-likeness (QED) is 0.165. The Bertz CT molecular complexity index is 294. The predicted octanol–water partition coefficient (Wildman–Crippen LogP) is -4.47. The van der Waals surface area contributed by atoms with Crippen LogP contribution in [0.1, 0.15) is 0 Å². The maximum absolute atomic E-state index is 11.5. The Morgan fingerprint density at radius 3 is 2.14 bits per heavy atom. The predicted molar refractivity (Wildman–Crippen MR) is 74.8 cm³/mol. The van der Waals surface area contributed by atoms with Crippen molar-refractivity contribution < 1.29 is 39.8 Å². The maximum Gasteiger partial charge on any atom is 0.251 e. The molecule has 0 bridgehead atoms. The van der Waals surface area contributed by atoms with Crippen molar-refractivity contribution in [2.45, 2.75) is 24.4 Å². The van der Waals surface area contributed by atoms with Crippen LogP contribution in [0.5, 0.6) is 0 Å². The monoisotopic (exact) mass is 326 g/mol. The molecule has 0 rings (SSSR count). The summed E-state index contributed by atoms with van der Waals surface area (Å²) in [5, 5.41) is 48.4. The molecule has 0 saturated heterocycles. The van der Waals surface area contributed by atoms with Gasteiger partial charge >= 0.3 is 0 Å². The molecule has 0 aromatic heterocycles. The topological polar surface area (TPSA) is 175 Å². The molecule has 8 N–H and O–H groups in total. The molecule has 10 heteroatoms. The van der Waals surface area contributed by atoms with E-state index in [9.17, 15) is 20.1 Å². The summed E-state index contributed by atoms with van der Waals surface area (Å²) in [6.45, 7) is 0.993. The Kier molecular flexibility index (Phi) is 12.2. The number of rotatable bonds is 13. The van der Waals surface area contributed by atoms with E-state index in [1.807, 2.05) is 0 Å². The van der Waals surface area contributed by atoms with Crippen molar-refractivity contribution in [3.63, 3.8) is 0 Å². The van der Waals surface area contributed by atoms with Crippen molar-refractivity contribution in [2.24, 2.45) is 5.73 Å². The number of aliphatic hydroxyl groups excluding tert-OH is 5. The van der Waals surface area contributed by atoms with Crippen LogP contribution in [0.15, 0.2) is 0 Å². The average molecular weight is 326 g/mol. The van der Waals surface area contributed by atoms with E-state index < -0.39 is 36.9 Å². The molecule has 0 aliphatic heterocycles. The molecule has 132 valence electrons. The van der Waals surface area contributed by atoms with E-state index in [0.717, 1.165) is 0 Å². The summed E-state index contributed by atoms with van der Waals surface area (Å²) < 4.78 is 10.2. The highest BCUT2D eigenvalue weighted by molar-refractivity contribution is 5.81. The molecule has 0 aromatic carbocycles. The summed E-state index contributed by atoms with van der Waals surface area (Å²) in [5.74, 6) is -0.931. The fraction of sp³-hybridized carbons (Fsp3) is 0.917. The van der Waals surface area contributed by atoms with Crippen molar-refractivity contribution in [2.75, 3.05) is 46.1 Å². The van der Waals surface area contributed by atoms with Crippen LogP contribution in [0.4, 0.5) is 0 Å². The molecule has 0 aliphatic rings. The highest BCUT2D eigenvalue weighted by atomic mass is 16.5. The molecule has 1 amide bonds. The minimum atomic E-state index is -1.94. The van der Waals surface area contributed by atoms with Gasteiger partial charge in [0.2, 0.25) is 0 Å². The Morgan fingerprint density at radius 2 is 1.59 bits per heavy atom. The van der Waals surface area contributed by atoms with Gasteiger partial charge in [0.25, 0.3) is 5.91 Å². The lowest BCUT2D eigenvalue weighted by Gasteiger charge is -2.24. The number of amides is 1. The highest BCUT2D eigenvalue weighted by Gasteiger charge is 2.33. The smallest absolute Gasteiger partial charge is 0.251 e. The minimum Gasteiger partial charge on any atom is -0.394 e. The standard InChI is InChI=1S/C12H26N2O8/c13-1-3-21-5-6-22-4-2-14-12(20)11(19)10(18)9(17)8(16)7-15/h8-11,15-19H,1-7,13H2,(H,14,20). The first-order valence-corrected chi connectivity index (χ1v) is 6.92. The van der Waals surface area contributed by atoms with Gasteiger partial charge in [-0.05, 0) is 0 Å². The molecule has 4 unspecified atom stereocenters. The van der Waals surface area contributed by atoms with Crippen molar-refractivity contribution in [3.05, 3.63) is 0 Å². The van der Waals surface area contributed by atoms with Crippen LogP contribution < -0.4 is 11.1 Å². The van der Waals surface area contributed by atoms with E-state index in [0.29, 0.717) is 26.4 Å². The summed E-state index contributed by atoms with van der Waals surface area (Å²) in [7, 11) is 0. The summed E-state index contributed by atoms with van der Waals surface area (Å²) >= 11 is 0. The number of aliphatic hydroxyl groups is 5. The van der Waals surface area contributed by atoms with Gasteiger partial charge in [0.05, 0.1) is 33.0 Å². The lowest BCUT2D eigenvalue weighted by molar-refractivity contribution is -0.149. The van der Waals surface area contributed by atoms with E-state index >= 15 is 0 Å². The van der Waals surface area contributed by atoms with E-state index in [1.54, 1.807) is 0 Å². The molecule has 0 fully saturated rings. The number of ether oxygens (including phenoxy) is 2. The number of hydrogen-bond acceptors (Lipinski definition) is 9. The summed E-state index contributed by atoms with van der Waals surface area (Å²) in [5.41, 5.74) is 5.22. The van der Waals surface area contributed by atoms with Gasteiger partial charge in [-0.25, -0.2) is 0 Å². The fourth-order valence-electron chi connectivity index (χ4n) is 1.43. The Balaban J connectivity index is 3.82. The summed E-state index contributed by atoms with van der Waals surface area (Å²) in [6.07, 6.45) is -7.37. The number of hydrogen-bond donors (Lipinski definition) is 7. The van der Waals surface area contributed by atoms with Gasteiger partial charge in [-0.15, -0.1) is 0 Å². The van der Waals surface area contributed by atoms with E-state index in [4.69, 9.17) is 25.4 Å². The van der Waals surface area contributed by atoms with E-state index in [1.165, 1.54) is 0 Å². The second-order valence-electron chi connectivity index (χ2n) is 4.48. The first-order valence-electron chi connectivity index (χ1n) is 6.92. The lowest BCUT2D eigenvalue weighted by Crippen LogP contribution is -2.52. The van der Waals surface area contributed by atoms with Crippen LogP contribution in [0.25, 0.3) is 0 Å². The SMILES string of the molecule is NCCOCCOCCNC(=O)C(O)C(O)C(O)C(O)CO. The van der Waals surface area contributed by atoms with Gasteiger partial charge in [-0.1, -0.05) is 0 Å². The van der Waals surface area contributed by atoms with Crippen LogP contribution in [-0.2, 0) is 14.3 Å². The molecular weight excluding hydrogens is 300 g/mol. The van der Waals surface area contributed by atoms with Gasteiger partial charge in [0, 0.05) is 13.1 Å². The molecule has 0 spiro atoms. The summed E-state index contributed by atoms with van der Waals surface area (Å²) in [4.78, 5) is 11.5. The highest BCUT2D eigenvalue weighted by Crippen LogP contribution is 2.05. The molecule has 0 heterocycles. The average Bonchev–Trinajstić information content (AvgIpc) is 2.54. The van der Waals surface area contributed by atoms with Crippen LogP contribution in [0.3, 0.4) is 0 Å². The van der Waals surface area contributed by atoms with Crippen LogP contribution in [-0.4, -0.2) is 102 Å². The largest absolute Gasteiger partial charge is 0.394 e. The van der Waals surface area contributed by atoms with Crippen molar-refractivity contribution >= 4 is 5.91 Å². The van der Waals surface area contributed by atoms with E-state index in [2.05, 4.69) is 5.32 Å². The minimum absolute atomic E-state index is 0.0815. The van der Waals surface area contributed by atoms with Gasteiger partial charge in [0.15, 0.2) is 6.10 Å². The third kappa shape index (κ3) is 8.56. The molecule has 10 nitrogen and oxygen atoms in total. The van der Waals surface area contributed by atoms with Crippen LogP contribution >= 0.6 is 0 Å². The lowest BCUT2D eigenvalue weighted by atomic mass is 10.0. The zero-order chi connectivity index (χ0) is 17.0. The molecule has 0 radical (unpaired) electrons. The molecule has 0 aliphatic carbocycles. The molecule has 4 atom stereocenters. The number of carbonyl (C=O) groups is 1. The number of nitrogens with one attached hydrogen (secondary N) is 1. The zero-order valence-electron chi connectivity index (χ0n) is 12.3. The Labute approximate surface area is 128 Å². The van der Waals surface area contributed by atoms with Gasteiger partial charge in [-0.3, -0.25) is 4.79 Å². The van der Waals surface area contributed by atoms with Crippen molar-refractivity contribution in [1.29, 1.82) is 0 Å². The first kappa shape index (κ1) is 21.1. The van der Waals surface area contributed by atoms with Gasteiger partial charge in [-0.2, -0.15) is 0 Å². The second-order valence-corrected chi connectivity index (χ2v) is 4.48. The number of carbonyl (C=O) groups excluding carboxylic acids is 1. The molecule has 22 heavy (non-hydrogen) atoms. The van der Waals surface area contributed by atoms with Gasteiger partial charge < -0.3 is 46.1 Å². The zero-order valence-corrected chi connectivity index (χ0v) is 12.3. The van der Waals surface area contributed by atoms with Gasteiger partial charge in [0.1, 0.15) is 18.3 Å². The fourth-order valence-corrected chi connectivity index (χ4v) is 1.43. The second kappa shape index (κ2) is 12.7. The van der Waals surface area contributed by atoms with Crippen molar-refractivity contribution in [1.82, 2.24) is 5.32 Å². The molecule has 0 saturated carbocycles. The number of nitrogens with two attached hydrogens (primary N) is 1. The first-order chi connectivity index (χ1) is 10.5. The van der Waals surface area contributed by atoms with Crippen LogP contribution in [0, 0.1) is 0 Å². The Morgan fingerprint density at radius 1 is 1.00 bits per heavy atom. The van der Waals surface area contributed by atoms with Crippen molar-refractivity contribution in [3.8, 4) is 0 Å². The third-order valence-electron chi connectivity index (χ3n) is 2.70. The molecular formula is C12H26N2O8. The van der Waals surface area contributed by atoms with Crippen LogP contribution in [0.2, 0.25) is 0 Å². The maximum atomic E-state index is 11.5. The normalized spacial score (nSPS) is 16.8. The Hall–Kier alpha value is -0.850.